The van der Waals surface area contributed by atoms with E-state index < -0.39 is 0 Å². The smallest absolute Gasteiger partial charge is 0.272 e. The van der Waals surface area contributed by atoms with E-state index in [1.54, 1.807) is 16.7 Å². The fourth-order valence-electron chi connectivity index (χ4n) is 2.06. The molecule has 1 N–H and O–H groups in total. The Morgan fingerprint density at radius 3 is 2.82 bits per heavy atom. The molecule has 0 saturated heterocycles. The molecule has 1 aromatic carbocycles. The molecule has 0 unspecified atom stereocenters. The van der Waals surface area contributed by atoms with Gasteiger partial charge < -0.3 is 5.32 Å². The van der Waals surface area contributed by atoms with Gasteiger partial charge in [-0.25, -0.2) is 4.98 Å². The predicted octanol–water partition coefficient (Wildman–Crippen LogP) is 2.94. The number of benzene rings is 1. The molecule has 22 heavy (non-hydrogen) atoms. The summed E-state index contributed by atoms with van der Waals surface area (Å²) in [5.74, 6) is -0.190. The summed E-state index contributed by atoms with van der Waals surface area (Å²) >= 11 is 2.84. The molecule has 5 nitrogen and oxygen atoms in total. The summed E-state index contributed by atoms with van der Waals surface area (Å²) in [6.45, 7) is 2.61. The Morgan fingerprint density at radius 1 is 1.27 bits per heavy atom. The lowest BCUT2D eigenvalue weighted by Crippen LogP contribution is -2.25. The van der Waals surface area contributed by atoms with Crippen molar-refractivity contribution in [3.63, 3.8) is 0 Å². The van der Waals surface area contributed by atoms with Crippen LogP contribution in [0.1, 0.15) is 20.4 Å². The van der Waals surface area contributed by atoms with Crippen molar-refractivity contribution in [2.75, 3.05) is 6.54 Å². The first kappa shape index (κ1) is 14.8. The average molecular weight is 330 g/mol. The van der Waals surface area contributed by atoms with Crippen molar-refractivity contribution in [3.8, 4) is 11.3 Å². The van der Waals surface area contributed by atoms with Crippen molar-refractivity contribution < 1.29 is 4.79 Å². The van der Waals surface area contributed by atoms with Crippen molar-refractivity contribution in [2.24, 2.45) is 0 Å². The molecule has 0 aliphatic heterocycles. The number of nitrogens with zero attached hydrogens (tertiary/aromatic N) is 3. The molecule has 0 radical (unpaired) electrons. The van der Waals surface area contributed by atoms with Gasteiger partial charge in [-0.2, -0.15) is 0 Å². The zero-order chi connectivity index (χ0) is 15.4. The third-order valence-electron chi connectivity index (χ3n) is 3.11. The van der Waals surface area contributed by atoms with E-state index in [0.29, 0.717) is 18.7 Å². The highest BCUT2D eigenvalue weighted by molar-refractivity contribution is 7.12. The van der Waals surface area contributed by atoms with Crippen LogP contribution in [0.2, 0.25) is 0 Å². The molecule has 2 heterocycles. The third-order valence-corrected chi connectivity index (χ3v) is 4.64. The second kappa shape index (κ2) is 6.76. The first-order chi connectivity index (χ1) is 10.7. The van der Waals surface area contributed by atoms with Crippen LogP contribution in [-0.4, -0.2) is 27.0 Å². The fraction of sp³-hybridized carbons (Fsp3) is 0.200. The minimum absolute atomic E-state index is 0.190. The number of aryl methyl sites for hydroxylation is 1. The molecule has 112 valence electrons. The molecule has 0 saturated carbocycles. The van der Waals surface area contributed by atoms with Crippen LogP contribution in [0.5, 0.6) is 0 Å². The van der Waals surface area contributed by atoms with E-state index >= 15 is 0 Å². The topological polar surface area (TPSA) is 67.8 Å². The summed E-state index contributed by atoms with van der Waals surface area (Å²) in [5, 5.41) is 9.23. The van der Waals surface area contributed by atoms with Gasteiger partial charge in [0, 0.05) is 28.8 Å². The molecule has 3 aromatic rings. The van der Waals surface area contributed by atoms with Crippen molar-refractivity contribution in [3.05, 3.63) is 51.3 Å². The van der Waals surface area contributed by atoms with Crippen LogP contribution < -0.4 is 5.32 Å². The molecular formula is C15H14N4OS2. The normalized spacial score (nSPS) is 10.6. The highest BCUT2D eigenvalue weighted by Crippen LogP contribution is 2.27. The number of hydrogen-bond acceptors (Lipinski definition) is 6. The number of carbonyl (C=O) groups excluding carboxylic acids is 1. The number of nitrogens with one attached hydrogen (secondary N) is 1. The van der Waals surface area contributed by atoms with Crippen LogP contribution in [0.4, 0.5) is 0 Å². The van der Waals surface area contributed by atoms with Crippen LogP contribution in [0.3, 0.4) is 0 Å². The maximum absolute atomic E-state index is 11.8. The Bertz CT molecular complexity index is 753. The van der Waals surface area contributed by atoms with Gasteiger partial charge in [0.05, 0.1) is 10.7 Å². The maximum Gasteiger partial charge on any atom is 0.272 e. The lowest BCUT2D eigenvalue weighted by Gasteiger charge is -2.00. The molecule has 0 bridgehead atoms. The Hall–Kier alpha value is -2.12. The van der Waals surface area contributed by atoms with Crippen molar-refractivity contribution in [2.45, 2.75) is 13.3 Å². The van der Waals surface area contributed by atoms with E-state index in [-0.39, 0.29) is 5.91 Å². The van der Waals surface area contributed by atoms with E-state index in [9.17, 15) is 4.79 Å². The molecule has 7 heteroatoms. The summed E-state index contributed by atoms with van der Waals surface area (Å²) in [5.41, 5.74) is 2.51. The zero-order valence-corrected chi connectivity index (χ0v) is 13.6. The summed E-state index contributed by atoms with van der Waals surface area (Å²) in [6.07, 6.45) is 0.710. The van der Waals surface area contributed by atoms with Gasteiger partial charge in [-0.15, -0.1) is 16.4 Å². The number of amides is 1. The van der Waals surface area contributed by atoms with Gasteiger partial charge in [0.25, 0.3) is 5.91 Å². The second-order valence-electron chi connectivity index (χ2n) is 4.67. The molecule has 0 aliphatic carbocycles. The number of hydrogen-bond donors (Lipinski definition) is 1. The first-order valence-electron chi connectivity index (χ1n) is 6.81. The summed E-state index contributed by atoms with van der Waals surface area (Å²) < 4.78 is 3.68. The molecule has 0 atom stereocenters. The highest BCUT2D eigenvalue weighted by atomic mass is 32.1. The van der Waals surface area contributed by atoms with Gasteiger partial charge in [0.1, 0.15) is 0 Å². The first-order valence-corrected chi connectivity index (χ1v) is 8.46. The zero-order valence-electron chi connectivity index (χ0n) is 11.9. The van der Waals surface area contributed by atoms with E-state index in [1.165, 1.54) is 16.4 Å². The molecular weight excluding hydrogens is 316 g/mol. The number of carbonyl (C=O) groups is 1. The van der Waals surface area contributed by atoms with Crippen LogP contribution in [-0.2, 0) is 6.42 Å². The quantitative estimate of drug-likeness (QED) is 0.781. The number of aromatic nitrogens is 3. The minimum Gasteiger partial charge on any atom is -0.350 e. The van der Waals surface area contributed by atoms with Crippen molar-refractivity contribution in [1.82, 2.24) is 19.9 Å². The molecule has 0 spiro atoms. The molecule has 2 aromatic heterocycles. The van der Waals surface area contributed by atoms with Crippen LogP contribution in [0.25, 0.3) is 11.3 Å². The largest absolute Gasteiger partial charge is 0.350 e. The monoisotopic (exact) mass is 330 g/mol. The summed E-state index contributed by atoms with van der Waals surface area (Å²) in [4.78, 5) is 17.6. The standard InChI is InChI=1S/C15H14N4OS2/c1-10-14(11-5-3-2-4-6-11)17-13(22-10)7-8-16-15(20)12-9-21-19-18-12/h2-6,9H,7-8H2,1H3,(H,16,20). The summed E-state index contributed by atoms with van der Waals surface area (Å²) in [6, 6.07) is 10.1. The minimum atomic E-state index is -0.190. The predicted molar refractivity (Wildman–Crippen MR) is 88.2 cm³/mol. The SMILES string of the molecule is Cc1sc(CCNC(=O)c2csnn2)nc1-c1ccccc1. The van der Waals surface area contributed by atoms with E-state index in [0.717, 1.165) is 16.3 Å². The lowest BCUT2D eigenvalue weighted by atomic mass is 10.1. The van der Waals surface area contributed by atoms with Gasteiger partial charge in [-0.3, -0.25) is 4.79 Å². The molecule has 0 aliphatic rings. The number of thiazole rings is 1. The van der Waals surface area contributed by atoms with Crippen molar-refractivity contribution in [1.29, 1.82) is 0 Å². The van der Waals surface area contributed by atoms with Crippen LogP contribution in [0, 0.1) is 6.92 Å². The van der Waals surface area contributed by atoms with Crippen LogP contribution >= 0.6 is 22.9 Å². The average Bonchev–Trinajstić information content (AvgIpc) is 3.18. The van der Waals surface area contributed by atoms with E-state index in [2.05, 4.69) is 38.9 Å². The van der Waals surface area contributed by atoms with Crippen LogP contribution in [0.15, 0.2) is 35.7 Å². The fourth-order valence-corrected chi connectivity index (χ4v) is 3.45. The van der Waals surface area contributed by atoms with E-state index in [4.69, 9.17) is 0 Å². The lowest BCUT2D eigenvalue weighted by molar-refractivity contribution is 0.0949. The van der Waals surface area contributed by atoms with E-state index in [1.807, 2.05) is 18.2 Å². The second-order valence-corrected chi connectivity index (χ2v) is 6.57. The van der Waals surface area contributed by atoms with Gasteiger partial charge in [0.2, 0.25) is 0 Å². The Kier molecular flexibility index (Phi) is 4.55. The number of rotatable bonds is 5. The van der Waals surface area contributed by atoms with Gasteiger partial charge in [0.15, 0.2) is 5.69 Å². The summed E-state index contributed by atoms with van der Waals surface area (Å²) in [7, 11) is 0. The molecule has 3 rings (SSSR count). The Balaban J connectivity index is 1.61. The van der Waals surface area contributed by atoms with Gasteiger partial charge in [-0.1, -0.05) is 34.8 Å². The van der Waals surface area contributed by atoms with Gasteiger partial charge >= 0.3 is 0 Å². The van der Waals surface area contributed by atoms with Gasteiger partial charge in [-0.05, 0) is 18.5 Å². The third kappa shape index (κ3) is 3.37. The molecule has 1 amide bonds. The van der Waals surface area contributed by atoms with Crippen molar-refractivity contribution >= 4 is 28.8 Å². The Labute approximate surface area is 136 Å². The Morgan fingerprint density at radius 2 is 2.09 bits per heavy atom. The maximum atomic E-state index is 11.8. The highest BCUT2D eigenvalue weighted by Gasteiger charge is 2.11. The molecule has 0 fully saturated rings.